The van der Waals surface area contributed by atoms with E-state index in [2.05, 4.69) is 10.6 Å². The van der Waals surface area contributed by atoms with Crippen LogP contribution in [0.3, 0.4) is 0 Å². The molecule has 2 saturated heterocycles. The summed E-state index contributed by atoms with van der Waals surface area (Å²) in [5.74, 6) is -0.595. The molecule has 2 heterocycles. The first-order valence-corrected chi connectivity index (χ1v) is 11.3. The highest BCUT2D eigenvalue weighted by Gasteiger charge is 2.44. The number of hydrogen-bond acceptors (Lipinski definition) is 5. The van der Waals surface area contributed by atoms with Crippen molar-refractivity contribution in [1.82, 2.24) is 10.2 Å². The highest BCUT2D eigenvalue weighted by molar-refractivity contribution is 6.21. The molecule has 0 aromatic heterocycles. The molecule has 1 aliphatic carbocycles. The van der Waals surface area contributed by atoms with Crippen LogP contribution in [-0.4, -0.2) is 58.5 Å². The highest BCUT2D eigenvalue weighted by atomic mass is 16.3. The molecule has 32 heavy (non-hydrogen) atoms. The van der Waals surface area contributed by atoms with Gasteiger partial charge in [-0.2, -0.15) is 0 Å². The quantitative estimate of drug-likeness (QED) is 0.603. The molecule has 0 spiro atoms. The minimum Gasteiger partial charge on any atom is -0.389 e. The van der Waals surface area contributed by atoms with Crippen LogP contribution in [-0.2, 0) is 14.4 Å². The SMILES string of the molecule is CC(=O)Nc1cccc(N2C(=O)N[C@H](CCC(=O)N3CC[C@]4(O)CCCC[C@@H]4C3)C2=O)c1. The van der Waals surface area contributed by atoms with Gasteiger partial charge in [-0.3, -0.25) is 14.4 Å². The molecule has 9 nitrogen and oxygen atoms in total. The number of rotatable bonds is 5. The summed E-state index contributed by atoms with van der Waals surface area (Å²) in [6.45, 7) is 2.46. The molecule has 3 fully saturated rings. The van der Waals surface area contributed by atoms with Gasteiger partial charge in [-0.1, -0.05) is 18.9 Å². The van der Waals surface area contributed by atoms with Gasteiger partial charge in [0, 0.05) is 38.0 Å². The first-order chi connectivity index (χ1) is 15.3. The second-order valence-electron chi connectivity index (χ2n) is 9.08. The molecule has 3 aliphatic rings. The maximum atomic E-state index is 12.9. The predicted octanol–water partition coefficient (Wildman–Crippen LogP) is 2.00. The van der Waals surface area contributed by atoms with Crippen LogP contribution in [0.15, 0.2) is 24.3 Å². The Morgan fingerprint density at radius 1 is 1.25 bits per heavy atom. The van der Waals surface area contributed by atoms with Gasteiger partial charge in [-0.15, -0.1) is 0 Å². The highest BCUT2D eigenvalue weighted by Crippen LogP contribution is 2.40. The normalized spacial score (nSPS) is 27.7. The molecule has 3 N–H and O–H groups in total. The number of carbonyl (C=O) groups excluding carboxylic acids is 4. The van der Waals surface area contributed by atoms with Crippen molar-refractivity contribution >= 4 is 35.1 Å². The van der Waals surface area contributed by atoms with Gasteiger partial charge in [0.05, 0.1) is 11.3 Å². The van der Waals surface area contributed by atoms with Crippen molar-refractivity contribution in [1.29, 1.82) is 0 Å². The van der Waals surface area contributed by atoms with E-state index < -0.39 is 23.6 Å². The Balaban J connectivity index is 1.35. The number of benzene rings is 1. The Kier molecular flexibility index (Phi) is 6.19. The smallest absolute Gasteiger partial charge is 0.329 e. The van der Waals surface area contributed by atoms with Gasteiger partial charge < -0.3 is 20.6 Å². The molecule has 4 rings (SSSR count). The fourth-order valence-corrected chi connectivity index (χ4v) is 5.12. The second kappa shape index (κ2) is 8.90. The lowest BCUT2D eigenvalue weighted by Crippen LogP contribution is -2.54. The summed E-state index contributed by atoms with van der Waals surface area (Å²) in [6.07, 6.45) is 4.83. The van der Waals surface area contributed by atoms with Crippen molar-refractivity contribution < 1.29 is 24.3 Å². The molecule has 2 aliphatic heterocycles. The van der Waals surface area contributed by atoms with E-state index in [0.29, 0.717) is 30.9 Å². The first-order valence-electron chi connectivity index (χ1n) is 11.3. The van der Waals surface area contributed by atoms with E-state index in [1.54, 1.807) is 29.2 Å². The van der Waals surface area contributed by atoms with Gasteiger partial charge in [0.2, 0.25) is 11.8 Å². The number of aliphatic hydroxyl groups is 1. The molecular weight excluding hydrogens is 412 g/mol. The van der Waals surface area contributed by atoms with Crippen LogP contribution < -0.4 is 15.5 Å². The van der Waals surface area contributed by atoms with E-state index in [-0.39, 0.29) is 30.6 Å². The molecule has 1 aromatic rings. The molecular formula is C23H30N4O5. The van der Waals surface area contributed by atoms with Crippen LogP contribution in [0.4, 0.5) is 16.2 Å². The molecule has 0 unspecified atom stereocenters. The minimum absolute atomic E-state index is 0.0502. The number of carbonyl (C=O) groups is 4. The van der Waals surface area contributed by atoms with Gasteiger partial charge in [0.15, 0.2) is 0 Å². The van der Waals surface area contributed by atoms with E-state index in [4.69, 9.17) is 0 Å². The molecule has 1 saturated carbocycles. The number of anilines is 2. The number of amides is 5. The Morgan fingerprint density at radius 2 is 2.06 bits per heavy atom. The monoisotopic (exact) mass is 442 g/mol. The lowest BCUT2D eigenvalue weighted by Gasteiger charge is -2.47. The standard InChI is InChI=1S/C23H30N4O5/c1-15(28)24-17-6-4-7-18(13-17)27-21(30)19(25-22(27)31)8-9-20(29)26-12-11-23(32)10-3-2-5-16(23)14-26/h4,6-7,13,16,19,32H,2-3,5,8-12,14H2,1H3,(H,24,28)(H,25,31)/t16-,19-,23-/m1/s1. The van der Waals surface area contributed by atoms with Crippen molar-refractivity contribution in [3.63, 3.8) is 0 Å². The molecule has 1 aromatic carbocycles. The number of piperidine rings is 1. The number of imide groups is 1. The fourth-order valence-electron chi connectivity index (χ4n) is 5.12. The van der Waals surface area contributed by atoms with Crippen molar-refractivity contribution in [2.45, 2.75) is 63.5 Å². The Bertz CT molecular complexity index is 935. The van der Waals surface area contributed by atoms with Crippen LogP contribution in [0, 0.1) is 5.92 Å². The van der Waals surface area contributed by atoms with Gasteiger partial charge in [0.25, 0.3) is 5.91 Å². The minimum atomic E-state index is -0.771. The molecule has 172 valence electrons. The van der Waals surface area contributed by atoms with E-state index in [1.807, 2.05) is 0 Å². The molecule has 9 heteroatoms. The van der Waals surface area contributed by atoms with E-state index in [0.717, 1.165) is 30.6 Å². The van der Waals surface area contributed by atoms with Crippen molar-refractivity contribution in [2.75, 3.05) is 23.3 Å². The zero-order valence-corrected chi connectivity index (χ0v) is 18.3. The van der Waals surface area contributed by atoms with Crippen molar-refractivity contribution in [3.8, 4) is 0 Å². The topological polar surface area (TPSA) is 119 Å². The van der Waals surface area contributed by atoms with E-state index in [1.165, 1.54) is 6.92 Å². The summed E-state index contributed by atoms with van der Waals surface area (Å²) in [7, 11) is 0. The van der Waals surface area contributed by atoms with E-state index in [9.17, 15) is 24.3 Å². The summed E-state index contributed by atoms with van der Waals surface area (Å²) in [5.41, 5.74) is 0.207. The number of nitrogens with zero attached hydrogens (tertiary/aromatic N) is 2. The average molecular weight is 443 g/mol. The zero-order valence-electron chi connectivity index (χ0n) is 18.3. The van der Waals surface area contributed by atoms with Gasteiger partial charge in [-0.05, 0) is 43.9 Å². The zero-order chi connectivity index (χ0) is 22.9. The van der Waals surface area contributed by atoms with Crippen molar-refractivity contribution in [3.05, 3.63) is 24.3 Å². The largest absolute Gasteiger partial charge is 0.389 e. The molecule has 0 radical (unpaired) electrons. The number of hydrogen-bond donors (Lipinski definition) is 3. The summed E-state index contributed by atoms with van der Waals surface area (Å²) < 4.78 is 0. The second-order valence-corrected chi connectivity index (χ2v) is 9.08. The van der Waals surface area contributed by atoms with Crippen LogP contribution in [0.1, 0.15) is 51.9 Å². The van der Waals surface area contributed by atoms with Gasteiger partial charge in [-0.25, -0.2) is 9.69 Å². The Hall–Kier alpha value is -2.94. The van der Waals surface area contributed by atoms with Crippen LogP contribution in [0.2, 0.25) is 0 Å². The number of urea groups is 1. The molecule has 3 atom stereocenters. The van der Waals surface area contributed by atoms with Crippen molar-refractivity contribution in [2.24, 2.45) is 5.92 Å². The summed E-state index contributed by atoms with van der Waals surface area (Å²) in [6, 6.07) is 5.19. The maximum absolute atomic E-state index is 12.9. The number of nitrogens with one attached hydrogen (secondary N) is 2. The predicted molar refractivity (Wildman–Crippen MR) is 118 cm³/mol. The average Bonchev–Trinajstić information content (AvgIpc) is 3.04. The van der Waals surface area contributed by atoms with E-state index >= 15 is 0 Å². The first kappa shape index (κ1) is 22.3. The fraction of sp³-hybridized carbons (Fsp3) is 0.565. The summed E-state index contributed by atoms with van der Waals surface area (Å²) in [4.78, 5) is 52.2. The number of likely N-dealkylation sites (tertiary alicyclic amines) is 1. The Morgan fingerprint density at radius 3 is 2.84 bits per heavy atom. The van der Waals surface area contributed by atoms with Crippen LogP contribution >= 0.6 is 0 Å². The van der Waals surface area contributed by atoms with Gasteiger partial charge >= 0.3 is 6.03 Å². The summed E-state index contributed by atoms with van der Waals surface area (Å²) in [5, 5.41) is 16.1. The van der Waals surface area contributed by atoms with Gasteiger partial charge in [0.1, 0.15) is 6.04 Å². The molecule has 0 bridgehead atoms. The molecule has 5 amide bonds. The lowest BCUT2D eigenvalue weighted by atomic mass is 9.71. The lowest BCUT2D eigenvalue weighted by molar-refractivity contribution is -0.143. The Labute approximate surface area is 187 Å². The third-order valence-electron chi connectivity index (χ3n) is 6.87. The maximum Gasteiger partial charge on any atom is 0.329 e. The third-order valence-corrected chi connectivity index (χ3v) is 6.87. The van der Waals surface area contributed by atoms with Crippen LogP contribution in [0.25, 0.3) is 0 Å². The van der Waals surface area contributed by atoms with Crippen LogP contribution in [0.5, 0.6) is 0 Å². The third kappa shape index (κ3) is 4.48. The summed E-state index contributed by atoms with van der Waals surface area (Å²) >= 11 is 0. The number of fused-ring (bicyclic) bond motifs is 1.